The van der Waals surface area contributed by atoms with Crippen LogP contribution in [0.1, 0.15) is 22.8 Å². The topological polar surface area (TPSA) is 114 Å². The normalized spacial score (nSPS) is 11.0. The van der Waals surface area contributed by atoms with Crippen LogP contribution >= 0.6 is 0 Å². The van der Waals surface area contributed by atoms with Gasteiger partial charge in [-0.3, -0.25) is 14.9 Å². The number of non-ortho nitro benzene ring substituents is 1. The summed E-state index contributed by atoms with van der Waals surface area (Å²) in [5, 5.41) is 24.6. The summed E-state index contributed by atoms with van der Waals surface area (Å²) >= 11 is 0. The minimum atomic E-state index is -0.592. The predicted octanol–water partition coefficient (Wildman–Crippen LogP) is 2.46. The monoisotopic (exact) mass is 329 g/mol. The fraction of sp³-hybridized carbons (Fsp3) is 0.125. The molecule has 0 aliphatic rings. The molecule has 2 rings (SSSR count). The Morgan fingerprint density at radius 2 is 2.04 bits per heavy atom. The summed E-state index contributed by atoms with van der Waals surface area (Å²) in [5.41, 5.74) is 3.03. The van der Waals surface area contributed by atoms with Crippen molar-refractivity contribution >= 4 is 17.3 Å². The van der Waals surface area contributed by atoms with E-state index in [0.717, 1.165) is 6.07 Å². The summed E-state index contributed by atoms with van der Waals surface area (Å²) in [6.45, 7) is 1.61. The molecule has 0 unspecified atom stereocenters. The molecule has 124 valence electrons. The molecule has 8 nitrogen and oxygen atoms in total. The maximum Gasteiger partial charge on any atom is 0.271 e. The average molecular weight is 329 g/mol. The fourth-order valence-electron chi connectivity index (χ4n) is 1.96. The Kier molecular flexibility index (Phi) is 5.10. The number of nitrogens with one attached hydrogen (secondary N) is 1. The number of amides is 1. The lowest BCUT2D eigenvalue weighted by molar-refractivity contribution is -0.384. The van der Waals surface area contributed by atoms with E-state index in [2.05, 4.69) is 10.5 Å². The van der Waals surface area contributed by atoms with Gasteiger partial charge in [0.2, 0.25) is 0 Å². The van der Waals surface area contributed by atoms with Gasteiger partial charge in [-0.1, -0.05) is 6.07 Å². The van der Waals surface area contributed by atoms with Crippen molar-refractivity contribution < 1.29 is 19.6 Å². The summed E-state index contributed by atoms with van der Waals surface area (Å²) < 4.78 is 4.99. The van der Waals surface area contributed by atoms with Gasteiger partial charge in [0, 0.05) is 29.3 Å². The summed E-state index contributed by atoms with van der Waals surface area (Å²) in [6, 6.07) is 9.99. The van der Waals surface area contributed by atoms with E-state index in [-0.39, 0.29) is 17.0 Å². The maximum absolute atomic E-state index is 12.0. The number of benzene rings is 2. The van der Waals surface area contributed by atoms with Crippen LogP contribution in [0.3, 0.4) is 0 Å². The molecular formula is C16H15N3O5. The zero-order valence-electron chi connectivity index (χ0n) is 13.0. The molecule has 24 heavy (non-hydrogen) atoms. The largest absolute Gasteiger partial charge is 0.507 e. The van der Waals surface area contributed by atoms with Gasteiger partial charge in [-0.25, -0.2) is 5.43 Å². The zero-order valence-corrected chi connectivity index (χ0v) is 13.0. The van der Waals surface area contributed by atoms with Gasteiger partial charge in [-0.15, -0.1) is 0 Å². The number of rotatable bonds is 5. The zero-order chi connectivity index (χ0) is 17.7. The summed E-state index contributed by atoms with van der Waals surface area (Å²) in [7, 11) is 1.48. The first-order valence-electron chi connectivity index (χ1n) is 6.89. The molecular weight excluding hydrogens is 314 g/mol. The van der Waals surface area contributed by atoms with Crippen molar-refractivity contribution in [3.8, 4) is 11.5 Å². The molecule has 0 saturated carbocycles. The molecule has 2 N–H and O–H groups in total. The maximum atomic E-state index is 12.0. The Morgan fingerprint density at radius 3 is 2.67 bits per heavy atom. The highest BCUT2D eigenvalue weighted by atomic mass is 16.6. The molecule has 0 saturated heterocycles. The van der Waals surface area contributed by atoms with Gasteiger partial charge in [0.1, 0.15) is 11.5 Å². The Morgan fingerprint density at radius 1 is 1.29 bits per heavy atom. The Balaban J connectivity index is 2.16. The summed E-state index contributed by atoms with van der Waals surface area (Å²) in [5.74, 6) is -0.143. The van der Waals surface area contributed by atoms with Crippen molar-refractivity contribution in [2.75, 3.05) is 7.11 Å². The van der Waals surface area contributed by atoms with Gasteiger partial charge in [0.05, 0.1) is 17.7 Å². The summed E-state index contributed by atoms with van der Waals surface area (Å²) in [4.78, 5) is 22.2. The first-order chi connectivity index (χ1) is 11.4. The van der Waals surface area contributed by atoms with E-state index in [1.807, 2.05) is 0 Å². The number of hydrogen-bond donors (Lipinski definition) is 2. The van der Waals surface area contributed by atoms with Crippen LogP contribution in [0.2, 0.25) is 0 Å². The molecule has 0 fully saturated rings. The Hall–Kier alpha value is -3.42. The number of methoxy groups -OCH3 is 1. The van der Waals surface area contributed by atoms with Gasteiger partial charge >= 0.3 is 0 Å². The number of phenols is 1. The Bertz CT molecular complexity index is 817. The van der Waals surface area contributed by atoms with Crippen molar-refractivity contribution in [3.05, 3.63) is 63.7 Å². The predicted molar refractivity (Wildman–Crippen MR) is 87.4 cm³/mol. The van der Waals surface area contributed by atoms with Crippen LogP contribution in [0.15, 0.2) is 47.6 Å². The summed E-state index contributed by atoms with van der Waals surface area (Å²) in [6.07, 6.45) is 0. The SMILES string of the molecule is COc1ccc(/C(C)=N/NC(=O)c2cccc([N+](=O)[O-])c2)c(O)c1. The van der Waals surface area contributed by atoms with Crippen LogP contribution in [-0.4, -0.2) is 28.8 Å². The molecule has 0 aromatic heterocycles. The molecule has 0 bridgehead atoms. The molecule has 0 aliphatic carbocycles. The highest BCUT2D eigenvalue weighted by Gasteiger charge is 2.12. The Labute approximate surface area is 137 Å². The molecule has 2 aromatic carbocycles. The lowest BCUT2D eigenvalue weighted by Crippen LogP contribution is -2.19. The first kappa shape index (κ1) is 16.9. The average Bonchev–Trinajstić information content (AvgIpc) is 2.59. The first-order valence-corrected chi connectivity index (χ1v) is 6.89. The van der Waals surface area contributed by atoms with E-state index in [1.54, 1.807) is 19.1 Å². The molecule has 1 amide bonds. The standard InChI is InChI=1S/C16H15N3O5/c1-10(14-7-6-13(24-2)9-15(14)20)17-18-16(21)11-4-3-5-12(8-11)19(22)23/h3-9,20H,1-2H3,(H,18,21)/b17-10+. The number of ether oxygens (including phenoxy) is 1. The van der Waals surface area contributed by atoms with Gasteiger partial charge in [0.25, 0.3) is 11.6 Å². The van der Waals surface area contributed by atoms with E-state index < -0.39 is 10.8 Å². The second-order valence-corrected chi connectivity index (χ2v) is 4.83. The van der Waals surface area contributed by atoms with Crippen LogP contribution in [0, 0.1) is 10.1 Å². The number of nitrogens with zero attached hydrogens (tertiary/aromatic N) is 2. The number of aromatic hydroxyl groups is 1. The molecule has 2 aromatic rings. The van der Waals surface area contributed by atoms with Crippen LogP contribution in [0.4, 0.5) is 5.69 Å². The quantitative estimate of drug-likeness (QED) is 0.497. The van der Waals surface area contributed by atoms with Crippen molar-refractivity contribution in [1.29, 1.82) is 0 Å². The highest BCUT2D eigenvalue weighted by Crippen LogP contribution is 2.23. The number of hydrazone groups is 1. The number of carbonyl (C=O) groups excluding carboxylic acids is 1. The smallest absolute Gasteiger partial charge is 0.271 e. The number of phenolic OH excluding ortho intramolecular Hbond substituents is 1. The third-order valence-corrected chi connectivity index (χ3v) is 3.24. The number of nitro benzene ring substituents is 1. The van der Waals surface area contributed by atoms with Crippen molar-refractivity contribution in [1.82, 2.24) is 5.43 Å². The lowest BCUT2D eigenvalue weighted by Gasteiger charge is -2.07. The third-order valence-electron chi connectivity index (χ3n) is 3.24. The third kappa shape index (κ3) is 3.86. The van der Waals surface area contributed by atoms with E-state index in [4.69, 9.17) is 4.74 Å². The van der Waals surface area contributed by atoms with E-state index in [0.29, 0.717) is 17.0 Å². The number of hydrogen-bond acceptors (Lipinski definition) is 6. The van der Waals surface area contributed by atoms with Gasteiger partial charge in [-0.05, 0) is 25.1 Å². The van der Waals surface area contributed by atoms with E-state index >= 15 is 0 Å². The van der Waals surface area contributed by atoms with Gasteiger partial charge in [-0.2, -0.15) is 5.10 Å². The van der Waals surface area contributed by atoms with E-state index in [1.165, 1.54) is 31.4 Å². The van der Waals surface area contributed by atoms with Gasteiger partial charge in [0.15, 0.2) is 0 Å². The van der Waals surface area contributed by atoms with Crippen LogP contribution < -0.4 is 10.2 Å². The second kappa shape index (κ2) is 7.23. The van der Waals surface area contributed by atoms with Crippen LogP contribution in [0.25, 0.3) is 0 Å². The second-order valence-electron chi connectivity index (χ2n) is 4.83. The molecule has 0 aliphatic heterocycles. The lowest BCUT2D eigenvalue weighted by atomic mass is 10.1. The molecule has 0 radical (unpaired) electrons. The van der Waals surface area contributed by atoms with Crippen LogP contribution in [0.5, 0.6) is 11.5 Å². The molecule has 0 atom stereocenters. The molecule has 8 heteroatoms. The van der Waals surface area contributed by atoms with Crippen molar-refractivity contribution in [3.63, 3.8) is 0 Å². The molecule has 0 spiro atoms. The highest BCUT2D eigenvalue weighted by molar-refractivity contribution is 6.02. The van der Waals surface area contributed by atoms with E-state index in [9.17, 15) is 20.0 Å². The molecule has 0 heterocycles. The number of carbonyl (C=O) groups is 1. The van der Waals surface area contributed by atoms with Crippen molar-refractivity contribution in [2.45, 2.75) is 6.92 Å². The minimum Gasteiger partial charge on any atom is -0.507 e. The minimum absolute atomic E-state index is 0.0415. The van der Waals surface area contributed by atoms with Gasteiger partial charge < -0.3 is 9.84 Å². The number of nitro groups is 1. The fourth-order valence-corrected chi connectivity index (χ4v) is 1.96. The van der Waals surface area contributed by atoms with Crippen LogP contribution in [-0.2, 0) is 0 Å². The van der Waals surface area contributed by atoms with Crippen molar-refractivity contribution in [2.24, 2.45) is 5.10 Å².